The van der Waals surface area contributed by atoms with Gasteiger partial charge in [-0.2, -0.15) is 0 Å². The second-order valence-electron chi connectivity index (χ2n) is 8.68. The summed E-state index contributed by atoms with van der Waals surface area (Å²) < 4.78 is 14.6. The zero-order valence-corrected chi connectivity index (χ0v) is 19.5. The SMILES string of the molecule is C=N/C(=C1/C=NC(c2cccc3ccc(F)c(CC)c23)=C(C)C1=NC)N1CCCC(C)C1. The molecule has 1 saturated heterocycles. The molecule has 4 nitrogen and oxygen atoms in total. The van der Waals surface area contributed by atoms with E-state index < -0.39 is 0 Å². The monoisotopic (exact) mass is 430 g/mol. The first-order valence-electron chi connectivity index (χ1n) is 11.4. The van der Waals surface area contributed by atoms with E-state index in [-0.39, 0.29) is 5.82 Å². The molecule has 32 heavy (non-hydrogen) atoms. The maximum Gasteiger partial charge on any atom is 0.138 e. The van der Waals surface area contributed by atoms with Crippen LogP contribution in [-0.2, 0) is 6.42 Å². The molecule has 1 unspecified atom stereocenters. The fraction of sp³-hybridized carbons (Fsp3) is 0.370. The molecule has 2 heterocycles. The third-order valence-corrected chi connectivity index (χ3v) is 6.56. The molecule has 2 aromatic rings. The van der Waals surface area contributed by atoms with Crippen LogP contribution in [0.3, 0.4) is 0 Å². The molecule has 0 aromatic heterocycles. The molecule has 0 aliphatic carbocycles. The van der Waals surface area contributed by atoms with Gasteiger partial charge in [-0.1, -0.05) is 38.1 Å². The van der Waals surface area contributed by atoms with E-state index >= 15 is 0 Å². The maximum absolute atomic E-state index is 14.6. The van der Waals surface area contributed by atoms with Crippen LogP contribution in [0.15, 0.2) is 62.3 Å². The molecule has 0 N–H and O–H groups in total. The van der Waals surface area contributed by atoms with Gasteiger partial charge in [0.1, 0.15) is 11.6 Å². The van der Waals surface area contributed by atoms with E-state index in [9.17, 15) is 4.39 Å². The van der Waals surface area contributed by atoms with Crippen molar-refractivity contribution in [3.05, 3.63) is 64.2 Å². The van der Waals surface area contributed by atoms with Crippen LogP contribution in [0.1, 0.15) is 44.7 Å². The summed E-state index contributed by atoms with van der Waals surface area (Å²) in [5.41, 5.74) is 5.22. The van der Waals surface area contributed by atoms with Gasteiger partial charge >= 0.3 is 0 Å². The second-order valence-corrected chi connectivity index (χ2v) is 8.68. The molecule has 1 fully saturated rings. The van der Waals surface area contributed by atoms with Crippen LogP contribution in [0.25, 0.3) is 16.5 Å². The Morgan fingerprint density at radius 2 is 2.09 bits per heavy atom. The van der Waals surface area contributed by atoms with Gasteiger partial charge in [0.05, 0.1) is 17.0 Å². The molecule has 0 saturated carbocycles. The molecule has 2 aliphatic heterocycles. The average Bonchev–Trinajstić information content (AvgIpc) is 2.80. The predicted octanol–water partition coefficient (Wildman–Crippen LogP) is 6.07. The lowest BCUT2D eigenvalue weighted by Crippen LogP contribution is -2.35. The first kappa shape index (κ1) is 22.1. The average molecular weight is 431 g/mol. The van der Waals surface area contributed by atoms with Crippen molar-refractivity contribution in [1.29, 1.82) is 0 Å². The van der Waals surface area contributed by atoms with E-state index in [2.05, 4.69) is 28.5 Å². The smallest absolute Gasteiger partial charge is 0.138 e. The largest absolute Gasteiger partial charge is 0.356 e. The lowest BCUT2D eigenvalue weighted by molar-refractivity contribution is 0.227. The summed E-state index contributed by atoms with van der Waals surface area (Å²) in [5.74, 6) is 1.29. The number of nitrogens with zero attached hydrogens (tertiary/aromatic N) is 4. The zero-order chi connectivity index (χ0) is 22.8. The van der Waals surface area contributed by atoms with Gasteiger partial charge in [0.25, 0.3) is 0 Å². The van der Waals surface area contributed by atoms with Crippen molar-refractivity contribution in [1.82, 2.24) is 4.90 Å². The standard InChI is InChI=1S/C27H31FN4/c1-6-20-23(28)13-12-19-10-7-11-21(24(19)20)26-18(3)25(29-4)22(15-31-26)27(30-5)32-14-8-9-17(2)16-32/h7,10-13,15,17H,5-6,8-9,14,16H2,1-4H3/b27-22+,29-25?. The van der Waals surface area contributed by atoms with Crippen LogP contribution in [0, 0.1) is 11.7 Å². The quantitative estimate of drug-likeness (QED) is 0.543. The Morgan fingerprint density at radius 3 is 2.78 bits per heavy atom. The minimum absolute atomic E-state index is 0.173. The Morgan fingerprint density at radius 1 is 1.28 bits per heavy atom. The summed E-state index contributed by atoms with van der Waals surface area (Å²) in [6, 6.07) is 9.45. The van der Waals surface area contributed by atoms with Crippen LogP contribution >= 0.6 is 0 Å². The van der Waals surface area contributed by atoms with Crippen molar-refractivity contribution in [3.8, 4) is 0 Å². The summed E-state index contributed by atoms with van der Waals surface area (Å²) in [6.07, 6.45) is 4.86. The first-order valence-corrected chi connectivity index (χ1v) is 11.4. The van der Waals surface area contributed by atoms with Gasteiger partial charge in [0.2, 0.25) is 0 Å². The predicted molar refractivity (Wildman–Crippen MR) is 134 cm³/mol. The summed E-state index contributed by atoms with van der Waals surface area (Å²) in [4.78, 5) is 16.2. The number of piperidine rings is 1. The molecular formula is C27H31FN4. The lowest BCUT2D eigenvalue weighted by atomic mass is 9.90. The molecular weight excluding hydrogens is 399 g/mol. The van der Waals surface area contributed by atoms with Crippen LogP contribution in [0.4, 0.5) is 4.39 Å². The zero-order valence-electron chi connectivity index (χ0n) is 19.5. The van der Waals surface area contributed by atoms with Crippen LogP contribution in [-0.4, -0.2) is 43.7 Å². The highest BCUT2D eigenvalue weighted by molar-refractivity contribution is 6.29. The Bertz CT molecular complexity index is 1190. The van der Waals surface area contributed by atoms with Gasteiger partial charge in [-0.3, -0.25) is 9.98 Å². The van der Waals surface area contributed by atoms with E-state index in [1.54, 1.807) is 13.1 Å². The molecule has 5 heteroatoms. The van der Waals surface area contributed by atoms with E-state index in [0.717, 1.165) is 69.8 Å². The highest BCUT2D eigenvalue weighted by atomic mass is 19.1. The minimum atomic E-state index is -0.173. The normalized spacial score (nSPS) is 22.1. The number of halogens is 1. The Hall–Kier alpha value is -3.08. The molecule has 2 aromatic carbocycles. The summed E-state index contributed by atoms with van der Waals surface area (Å²) in [7, 11) is 1.80. The Balaban J connectivity index is 1.87. The van der Waals surface area contributed by atoms with E-state index in [1.807, 2.05) is 44.3 Å². The van der Waals surface area contributed by atoms with Gasteiger partial charge in [-0.05, 0) is 61.2 Å². The van der Waals surface area contributed by atoms with Gasteiger partial charge in [0, 0.05) is 37.5 Å². The van der Waals surface area contributed by atoms with Crippen molar-refractivity contribution >= 4 is 35.1 Å². The number of fused-ring (bicyclic) bond motifs is 1. The molecule has 0 amide bonds. The fourth-order valence-electron chi connectivity index (χ4n) is 5.03. The van der Waals surface area contributed by atoms with Crippen LogP contribution in [0.5, 0.6) is 0 Å². The number of benzene rings is 2. The summed E-state index contributed by atoms with van der Waals surface area (Å²) in [6.45, 7) is 12.1. The number of likely N-dealkylation sites (tertiary alicyclic amines) is 1. The molecule has 0 spiro atoms. The highest BCUT2D eigenvalue weighted by Gasteiger charge is 2.26. The number of rotatable bonds is 4. The van der Waals surface area contributed by atoms with Crippen molar-refractivity contribution in [3.63, 3.8) is 0 Å². The molecule has 1 atom stereocenters. The summed E-state index contributed by atoms with van der Waals surface area (Å²) >= 11 is 0. The molecule has 0 bridgehead atoms. The topological polar surface area (TPSA) is 40.3 Å². The number of hydrogen-bond acceptors (Lipinski definition) is 4. The van der Waals surface area contributed by atoms with Crippen molar-refractivity contribution in [2.75, 3.05) is 20.1 Å². The van der Waals surface area contributed by atoms with Gasteiger partial charge in [-0.25, -0.2) is 9.38 Å². The van der Waals surface area contributed by atoms with Gasteiger partial charge in [0.15, 0.2) is 0 Å². The molecule has 166 valence electrons. The number of aryl methyl sites for hydroxylation is 1. The first-order chi connectivity index (χ1) is 15.5. The molecule has 0 radical (unpaired) electrons. The number of allylic oxidation sites excluding steroid dienone is 2. The third kappa shape index (κ3) is 3.81. The molecule has 2 aliphatic rings. The minimum Gasteiger partial charge on any atom is -0.356 e. The number of aliphatic imine (C=N–C) groups is 3. The maximum atomic E-state index is 14.6. The van der Waals surface area contributed by atoms with Crippen molar-refractivity contribution in [2.45, 2.75) is 40.0 Å². The van der Waals surface area contributed by atoms with E-state index in [0.29, 0.717) is 12.3 Å². The third-order valence-electron chi connectivity index (χ3n) is 6.56. The second kappa shape index (κ2) is 9.19. The summed E-state index contributed by atoms with van der Waals surface area (Å²) in [5, 5.41) is 1.94. The van der Waals surface area contributed by atoms with Gasteiger partial charge < -0.3 is 4.90 Å². The van der Waals surface area contributed by atoms with Crippen LogP contribution < -0.4 is 0 Å². The Labute approximate surface area is 190 Å². The van der Waals surface area contributed by atoms with Crippen molar-refractivity contribution < 1.29 is 4.39 Å². The van der Waals surface area contributed by atoms with E-state index in [4.69, 9.17) is 4.99 Å². The van der Waals surface area contributed by atoms with Crippen molar-refractivity contribution in [2.24, 2.45) is 20.9 Å². The highest BCUT2D eigenvalue weighted by Crippen LogP contribution is 2.35. The molecule has 4 rings (SSSR count). The fourth-order valence-corrected chi connectivity index (χ4v) is 5.03. The van der Waals surface area contributed by atoms with Gasteiger partial charge in [-0.15, -0.1) is 0 Å². The number of hydrogen-bond donors (Lipinski definition) is 0. The lowest BCUT2D eigenvalue weighted by Gasteiger charge is -2.34. The Kier molecular flexibility index (Phi) is 6.35. The van der Waals surface area contributed by atoms with E-state index in [1.165, 1.54) is 6.42 Å². The van der Waals surface area contributed by atoms with Crippen LogP contribution in [0.2, 0.25) is 0 Å².